The number of rotatable bonds is 9. The van der Waals surface area contributed by atoms with E-state index in [-0.39, 0.29) is 5.91 Å². The molecule has 0 saturated heterocycles. The highest BCUT2D eigenvalue weighted by Crippen LogP contribution is 2.35. The van der Waals surface area contributed by atoms with E-state index in [4.69, 9.17) is 20.3 Å². The summed E-state index contributed by atoms with van der Waals surface area (Å²) in [6.07, 6.45) is 2.73. The first-order chi connectivity index (χ1) is 16.5. The summed E-state index contributed by atoms with van der Waals surface area (Å²) in [6, 6.07) is 15.3. The molecular weight excluding hydrogens is 432 g/mol. The molecule has 0 unspecified atom stereocenters. The third-order valence-electron chi connectivity index (χ3n) is 5.50. The summed E-state index contributed by atoms with van der Waals surface area (Å²) in [4.78, 5) is 22.8. The number of benzene rings is 2. The second-order valence-corrected chi connectivity index (χ2v) is 7.55. The second-order valence-electron chi connectivity index (χ2n) is 7.55. The van der Waals surface area contributed by atoms with Crippen LogP contribution in [-0.4, -0.2) is 51.3 Å². The van der Waals surface area contributed by atoms with E-state index in [1.54, 1.807) is 23.8 Å². The monoisotopic (exact) mass is 458 g/mol. The molecule has 2 aromatic heterocycles. The predicted octanol–water partition coefficient (Wildman–Crippen LogP) is 3.31. The van der Waals surface area contributed by atoms with E-state index in [0.717, 1.165) is 11.1 Å². The zero-order chi connectivity index (χ0) is 24.1. The summed E-state index contributed by atoms with van der Waals surface area (Å²) in [5, 5.41) is 5.43. The first kappa shape index (κ1) is 22.8. The topological polar surface area (TPSA) is 108 Å². The van der Waals surface area contributed by atoms with Crippen LogP contribution in [0.2, 0.25) is 0 Å². The Balaban J connectivity index is 1.69. The Labute approximate surface area is 197 Å². The molecule has 0 bridgehead atoms. The fourth-order valence-electron chi connectivity index (χ4n) is 3.79. The lowest BCUT2D eigenvalue weighted by atomic mass is 10.1. The number of nitrogens with two attached hydrogens (primary N) is 1. The molecule has 2 aromatic carbocycles. The van der Waals surface area contributed by atoms with Crippen LogP contribution in [0.1, 0.15) is 5.56 Å². The lowest BCUT2D eigenvalue weighted by molar-refractivity contribution is -0.126. The summed E-state index contributed by atoms with van der Waals surface area (Å²) >= 11 is 0. The minimum atomic E-state index is -0.158. The summed E-state index contributed by atoms with van der Waals surface area (Å²) in [7, 11) is 3.16. The van der Waals surface area contributed by atoms with Gasteiger partial charge in [0.15, 0.2) is 17.1 Å². The van der Waals surface area contributed by atoms with Gasteiger partial charge in [0, 0.05) is 18.7 Å². The Bertz CT molecular complexity index is 1320. The molecule has 2 heterocycles. The summed E-state index contributed by atoms with van der Waals surface area (Å²) in [5.74, 6) is 1.35. The van der Waals surface area contributed by atoms with Gasteiger partial charge in [-0.05, 0) is 29.8 Å². The molecule has 0 spiro atoms. The molecule has 0 saturated carbocycles. The van der Waals surface area contributed by atoms with Crippen LogP contribution >= 0.6 is 0 Å². The van der Waals surface area contributed by atoms with Crippen LogP contribution in [0, 0.1) is 0 Å². The summed E-state index contributed by atoms with van der Waals surface area (Å²) in [6.45, 7) is 4.92. The molecule has 34 heavy (non-hydrogen) atoms. The summed E-state index contributed by atoms with van der Waals surface area (Å²) < 4.78 is 12.5. The first-order valence-electron chi connectivity index (χ1n) is 10.7. The van der Waals surface area contributed by atoms with E-state index in [1.165, 1.54) is 12.4 Å². The van der Waals surface area contributed by atoms with Gasteiger partial charge in [-0.3, -0.25) is 4.79 Å². The lowest BCUT2D eigenvalue weighted by Gasteiger charge is -2.21. The Morgan fingerprint density at radius 3 is 2.59 bits per heavy atom. The smallest absolute Gasteiger partial charge is 0.246 e. The fourth-order valence-corrected chi connectivity index (χ4v) is 3.79. The van der Waals surface area contributed by atoms with Crippen LogP contribution in [0.5, 0.6) is 11.5 Å². The number of ether oxygens (including phenoxy) is 2. The third kappa shape index (κ3) is 4.54. The molecule has 9 heteroatoms. The van der Waals surface area contributed by atoms with Crippen molar-refractivity contribution in [2.75, 3.05) is 26.5 Å². The molecule has 0 aliphatic carbocycles. The highest BCUT2D eigenvalue weighted by atomic mass is 16.5. The van der Waals surface area contributed by atoms with Gasteiger partial charge < -0.3 is 20.1 Å². The number of hydrogen-bond donors (Lipinski definition) is 1. The van der Waals surface area contributed by atoms with Crippen LogP contribution in [-0.2, 0) is 17.9 Å². The molecule has 0 aliphatic heterocycles. The highest BCUT2D eigenvalue weighted by Gasteiger charge is 2.20. The molecule has 0 atom stereocenters. The zero-order valence-corrected chi connectivity index (χ0v) is 19.1. The Hall–Kier alpha value is -4.40. The van der Waals surface area contributed by atoms with Crippen molar-refractivity contribution in [3.63, 3.8) is 0 Å². The third-order valence-corrected chi connectivity index (χ3v) is 5.50. The molecule has 0 fully saturated rings. The number of fused-ring (bicyclic) bond motifs is 1. The van der Waals surface area contributed by atoms with Crippen LogP contribution < -0.4 is 15.2 Å². The maximum absolute atomic E-state index is 12.5. The van der Waals surface area contributed by atoms with E-state index >= 15 is 0 Å². The Morgan fingerprint density at radius 2 is 1.88 bits per heavy atom. The standard InChI is InChI=1S/C25H26N6O3/c1-4-21(32)30(15-17-8-6-5-7-9-17)12-13-31-25-22(24(26)27-16-28-25)23(29-31)18-10-11-19(33-2)20(14-18)34-3/h4-11,14,16H,1,12-13,15H2,2-3H3,(H2,26,27,28). The van der Waals surface area contributed by atoms with Crippen molar-refractivity contribution in [2.24, 2.45) is 0 Å². The molecule has 0 aliphatic rings. The molecule has 4 aromatic rings. The minimum absolute atomic E-state index is 0.158. The maximum atomic E-state index is 12.5. The number of amides is 1. The number of nitrogen functional groups attached to an aromatic ring is 1. The first-order valence-corrected chi connectivity index (χ1v) is 10.7. The van der Waals surface area contributed by atoms with Crippen molar-refractivity contribution in [3.05, 3.63) is 73.1 Å². The van der Waals surface area contributed by atoms with Crippen LogP contribution in [0.25, 0.3) is 22.3 Å². The molecule has 9 nitrogen and oxygen atoms in total. The number of aromatic nitrogens is 4. The quantitative estimate of drug-likeness (QED) is 0.383. The Kier molecular flexibility index (Phi) is 6.72. The average molecular weight is 459 g/mol. The van der Waals surface area contributed by atoms with Crippen molar-refractivity contribution >= 4 is 22.8 Å². The number of carbonyl (C=O) groups is 1. The van der Waals surface area contributed by atoms with Gasteiger partial charge in [-0.1, -0.05) is 36.9 Å². The fraction of sp³-hybridized carbons (Fsp3) is 0.200. The van der Waals surface area contributed by atoms with E-state index in [2.05, 4.69) is 16.5 Å². The highest BCUT2D eigenvalue weighted by molar-refractivity contribution is 5.98. The molecule has 174 valence electrons. The largest absolute Gasteiger partial charge is 0.493 e. The molecule has 0 radical (unpaired) electrons. The van der Waals surface area contributed by atoms with Gasteiger partial charge in [0.1, 0.15) is 17.8 Å². The van der Waals surface area contributed by atoms with E-state index in [1.807, 2.05) is 48.5 Å². The SMILES string of the molecule is C=CC(=O)N(CCn1nc(-c2ccc(OC)c(OC)c2)c2c(N)ncnc21)Cc1ccccc1. The van der Waals surface area contributed by atoms with Crippen molar-refractivity contribution in [2.45, 2.75) is 13.1 Å². The van der Waals surface area contributed by atoms with Crippen molar-refractivity contribution in [1.82, 2.24) is 24.6 Å². The summed E-state index contributed by atoms with van der Waals surface area (Å²) in [5.41, 5.74) is 9.25. The second kappa shape index (κ2) is 10.0. The van der Waals surface area contributed by atoms with Gasteiger partial charge >= 0.3 is 0 Å². The number of nitrogens with zero attached hydrogens (tertiary/aromatic N) is 5. The van der Waals surface area contributed by atoms with E-state index in [9.17, 15) is 4.79 Å². The zero-order valence-electron chi connectivity index (χ0n) is 19.1. The van der Waals surface area contributed by atoms with Gasteiger partial charge in [-0.25, -0.2) is 14.6 Å². The number of hydrogen-bond acceptors (Lipinski definition) is 7. The molecule has 4 rings (SSSR count). The van der Waals surface area contributed by atoms with Gasteiger partial charge in [-0.2, -0.15) is 5.10 Å². The molecular formula is C25H26N6O3. The van der Waals surface area contributed by atoms with Crippen molar-refractivity contribution in [3.8, 4) is 22.8 Å². The number of anilines is 1. The maximum Gasteiger partial charge on any atom is 0.246 e. The molecule has 2 N–H and O–H groups in total. The van der Waals surface area contributed by atoms with Crippen molar-refractivity contribution < 1.29 is 14.3 Å². The minimum Gasteiger partial charge on any atom is -0.493 e. The van der Waals surface area contributed by atoms with Gasteiger partial charge in [0.2, 0.25) is 5.91 Å². The lowest BCUT2D eigenvalue weighted by Crippen LogP contribution is -2.32. The molecule has 1 amide bonds. The van der Waals surface area contributed by atoms with Crippen LogP contribution in [0.15, 0.2) is 67.5 Å². The van der Waals surface area contributed by atoms with Gasteiger partial charge in [0.25, 0.3) is 0 Å². The Morgan fingerprint density at radius 1 is 1.12 bits per heavy atom. The number of carbonyl (C=O) groups excluding carboxylic acids is 1. The van der Waals surface area contributed by atoms with E-state index in [0.29, 0.717) is 53.7 Å². The average Bonchev–Trinajstić information content (AvgIpc) is 3.26. The van der Waals surface area contributed by atoms with Crippen molar-refractivity contribution in [1.29, 1.82) is 0 Å². The van der Waals surface area contributed by atoms with Gasteiger partial charge in [0.05, 0.1) is 26.2 Å². The van der Waals surface area contributed by atoms with Gasteiger partial charge in [-0.15, -0.1) is 0 Å². The predicted molar refractivity (Wildman–Crippen MR) is 130 cm³/mol. The normalized spacial score (nSPS) is 10.8. The van der Waals surface area contributed by atoms with Crippen LogP contribution in [0.3, 0.4) is 0 Å². The number of methoxy groups -OCH3 is 2. The van der Waals surface area contributed by atoms with Crippen LogP contribution in [0.4, 0.5) is 5.82 Å². The van der Waals surface area contributed by atoms with E-state index < -0.39 is 0 Å².